The van der Waals surface area contributed by atoms with Gasteiger partial charge < -0.3 is 4.57 Å². The van der Waals surface area contributed by atoms with Crippen LogP contribution >= 0.6 is 0 Å². The molecule has 2 heteroatoms. The summed E-state index contributed by atoms with van der Waals surface area (Å²) in [6.07, 6.45) is 2.15. The van der Waals surface area contributed by atoms with Gasteiger partial charge in [-0.15, -0.1) is 0 Å². The van der Waals surface area contributed by atoms with Gasteiger partial charge in [-0.25, -0.2) is 4.98 Å². The Morgan fingerprint density at radius 3 is 2.67 bits per heavy atom. The maximum Gasteiger partial charge on any atom is 0.109 e. The van der Waals surface area contributed by atoms with E-state index in [1.165, 1.54) is 11.3 Å². The lowest BCUT2D eigenvalue weighted by atomic mass is 10.2. The summed E-state index contributed by atoms with van der Waals surface area (Å²) in [5.41, 5.74) is 2.39. The van der Waals surface area contributed by atoms with Gasteiger partial charge in [-0.1, -0.05) is 26.0 Å². The standard InChI is InChI=1S/C13H18N2/c1-4-10(3)15-12-9-7-6-8-11(12)14-13(15)5-2/h6-10H,4-5H2,1-3H3/t10-/m1/s1. The number of hydrogen-bond acceptors (Lipinski definition) is 1. The number of rotatable bonds is 3. The maximum atomic E-state index is 4.66. The van der Waals surface area contributed by atoms with Gasteiger partial charge in [0.2, 0.25) is 0 Å². The number of aryl methyl sites for hydroxylation is 1. The molecule has 0 aliphatic rings. The summed E-state index contributed by atoms with van der Waals surface area (Å²) in [4.78, 5) is 4.66. The van der Waals surface area contributed by atoms with E-state index in [0.717, 1.165) is 18.4 Å². The first-order chi connectivity index (χ1) is 7.27. The third-order valence-corrected chi connectivity index (χ3v) is 3.02. The fourth-order valence-corrected chi connectivity index (χ4v) is 2.02. The first kappa shape index (κ1) is 10.2. The van der Waals surface area contributed by atoms with Crippen molar-refractivity contribution in [3.63, 3.8) is 0 Å². The average Bonchev–Trinajstić information content (AvgIpc) is 2.66. The second-order valence-electron chi connectivity index (χ2n) is 4.00. The molecular weight excluding hydrogens is 184 g/mol. The molecule has 0 unspecified atom stereocenters. The summed E-state index contributed by atoms with van der Waals surface area (Å²) in [6.45, 7) is 6.65. The summed E-state index contributed by atoms with van der Waals surface area (Å²) < 4.78 is 2.37. The predicted octanol–water partition coefficient (Wildman–Crippen LogP) is 3.57. The van der Waals surface area contributed by atoms with Crippen molar-refractivity contribution in [1.82, 2.24) is 9.55 Å². The van der Waals surface area contributed by atoms with Crippen LogP contribution in [-0.4, -0.2) is 9.55 Å². The monoisotopic (exact) mass is 202 g/mol. The van der Waals surface area contributed by atoms with Crippen molar-refractivity contribution in [3.8, 4) is 0 Å². The van der Waals surface area contributed by atoms with E-state index < -0.39 is 0 Å². The smallest absolute Gasteiger partial charge is 0.109 e. The maximum absolute atomic E-state index is 4.66. The zero-order valence-electron chi connectivity index (χ0n) is 9.70. The Kier molecular flexibility index (Phi) is 2.76. The third-order valence-electron chi connectivity index (χ3n) is 3.02. The van der Waals surface area contributed by atoms with Crippen molar-refractivity contribution in [2.45, 2.75) is 39.7 Å². The Morgan fingerprint density at radius 1 is 1.27 bits per heavy atom. The molecule has 0 spiro atoms. The summed E-state index contributed by atoms with van der Waals surface area (Å²) in [7, 11) is 0. The lowest BCUT2D eigenvalue weighted by molar-refractivity contribution is 0.524. The molecule has 1 aromatic heterocycles. The van der Waals surface area contributed by atoms with Crippen LogP contribution in [0.1, 0.15) is 39.1 Å². The quantitative estimate of drug-likeness (QED) is 0.744. The Bertz CT molecular complexity index is 457. The van der Waals surface area contributed by atoms with Crippen LogP contribution in [0.15, 0.2) is 24.3 Å². The predicted molar refractivity (Wildman–Crippen MR) is 64.1 cm³/mol. The number of benzene rings is 1. The molecule has 0 bridgehead atoms. The molecule has 0 N–H and O–H groups in total. The van der Waals surface area contributed by atoms with Crippen LogP contribution in [0.4, 0.5) is 0 Å². The molecule has 1 aromatic carbocycles. The van der Waals surface area contributed by atoms with Crippen molar-refractivity contribution < 1.29 is 0 Å². The van der Waals surface area contributed by atoms with Gasteiger partial charge >= 0.3 is 0 Å². The lowest BCUT2D eigenvalue weighted by Gasteiger charge is -2.14. The first-order valence-corrected chi connectivity index (χ1v) is 5.73. The molecule has 0 fully saturated rings. The van der Waals surface area contributed by atoms with Crippen LogP contribution < -0.4 is 0 Å². The van der Waals surface area contributed by atoms with Crippen molar-refractivity contribution in [3.05, 3.63) is 30.1 Å². The topological polar surface area (TPSA) is 17.8 Å². The fourth-order valence-electron chi connectivity index (χ4n) is 2.02. The van der Waals surface area contributed by atoms with E-state index in [9.17, 15) is 0 Å². The molecule has 80 valence electrons. The highest BCUT2D eigenvalue weighted by atomic mass is 15.1. The van der Waals surface area contributed by atoms with Gasteiger partial charge in [0.25, 0.3) is 0 Å². The molecule has 2 rings (SSSR count). The Hall–Kier alpha value is -1.31. The molecule has 0 saturated carbocycles. The highest BCUT2D eigenvalue weighted by Gasteiger charge is 2.12. The van der Waals surface area contributed by atoms with Gasteiger partial charge in [-0.3, -0.25) is 0 Å². The molecule has 0 aliphatic carbocycles. The second kappa shape index (κ2) is 4.05. The Labute approximate surface area is 90.9 Å². The number of fused-ring (bicyclic) bond motifs is 1. The molecule has 0 aliphatic heterocycles. The summed E-state index contributed by atoms with van der Waals surface area (Å²) in [5.74, 6) is 1.20. The van der Waals surface area contributed by atoms with Crippen molar-refractivity contribution >= 4 is 11.0 Å². The Balaban J connectivity index is 2.66. The van der Waals surface area contributed by atoms with Gasteiger partial charge in [0.15, 0.2) is 0 Å². The summed E-state index contributed by atoms with van der Waals surface area (Å²) in [6, 6.07) is 8.92. The van der Waals surface area contributed by atoms with E-state index in [1.807, 2.05) is 0 Å². The molecule has 1 heterocycles. The fraction of sp³-hybridized carbons (Fsp3) is 0.462. The highest BCUT2D eigenvalue weighted by Crippen LogP contribution is 2.22. The summed E-state index contributed by atoms with van der Waals surface area (Å²) >= 11 is 0. The minimum Gasteiger partial charge on any atom is -0.325 e. The van der Waals surface area contributed by atoms with E-state index in [0.29, 0.717) is 6.04 Å². The SMILES string of the molecule is CCc1nc2ccccc2n1[C@H](C)CC. The number of imidazole rings is 1. The number of hydrogen-bond donors (Lipinski definition) is 0. The van der Waals surface area contributed by atoms with E-state index in [2.05, 4.69) is 54.6 Å². The van der Waals surface area contributed by atoms with Crippen LogP contribution in [0.5, 0.6) is 0 Å². The van der Waals surface area contributed by atoms with Crippen LogP contribution in [0.2, 0.25) is 0 Å². The van der Waals surface area contributed by atoms with Gasteiger partial charge in [-0.05, 0) is 25.5 Å². The molecule has 2 aromatic rings. The summed E-state index contributed by atoms with van der Waals surface area (Å²) in [5, 5.41) is 0. The zero-order chi connectivity index (χ0) is 10.8. The van der Waals surface area contributed by atoms with Crippen LogP contribution in [-0.2, 0) is 6.42 Å². The van der Waals surface area contributed by atoms with Gasteiger partial charge in [0.05, 0.1) is 11.0 Å². The molecule has 15 heavy (non-hydrogen) atoms. The van der Waals surface area contributed by atoms with E-state index in [1.54, 1.807) is 0 Å². The number of aromatic nitrogens is 2. The van der Waals surface area contributed by atoms with Gasteiger partial charge in [0, 0.05) is 12.5 Å². The lowest BCUT2D eigenvalue weighted by Crippen LogP contribution is -2.07. The van der Waals surface area contributed by atoms with Crippen LogP contribution in [0.3, 0.4) is 0 Å². The Morgan fingerprint density at radius 2 is 2.00 bits per heavy atom. The zero-order valence-corrected chi connectivity index (χ0v) is 9.70. The number of para-hydroxylation sites is 2. The molecular formula is C13H18N2. The minimum atomic E-state index is 0.535. The van der Waals surface area contributed by atoms with E-state index >= 15 is 0 Å². The highest BCUT2D eigenvalue weighted by molar-refractivity contribution is 5.76. The second-order valence-corrected chi connectivity index (χ2v) is 4.00. The third kappa shape index (κ3) is 1.65. The van der Waals surface area contributed by atoms with Crippen molar-refractivity contribution in [2.24, 2.45) is 0 Å². The van der Waals surface area contributed by atoms with Crippen molar-refractivity contribution in [1.29, 1.82) is 0 Å². The molecule has 2 nitrogen and oxygen atoms in total. The minimum absolute atomic E-state index is 0.535. The molecule has 0 saturated heterocycles. The normalized spacial score (nSPS) is 13.3. The van der Waals surface area contributed by atoms with Gasteiger partial charge in [0.1, 0.15) is 5.82 Å². The van der Waals surface area contributed by atoms with Crippen LogP contribution in [0, 0.1) is 0 Å². The first-order valence-electron chi connectivity index (χ1n) is 5.73. The van der Waals surface area contributed by atoms with E-state index in [4.69, 9.17) is 0 Å². The van der Waals surface area contributed by atoms with Gasteiger partial charge in [-0.2, -0.15) is 0 Å². The average molecular weight is 202 g/mol. The van der Waals surface area contributed by atoms with Crippen LogP contribution in [0.25, 0.3) is 11.0 Å². The largest absolute Gasteiger partial charge is 0.325 e. The molecule has 0 radical (unpaired) electrons. The molecule has 1 atom stereocenters. The van der Waals surface area contributed by atoms with E-state index in [-0.39, 0.29) is 0 Å². The van der Waals surface area contributed by atoms with Crippen molar-refractivity contribution in [2.75, 3.05) is 0 Å². The number of nitrogens with zero attached hydrogens (tertiary/aromatic N) is 2. The molecule has 0 amide bonds.